The van der Waals surface area contributed by atoms with Crippen molar-refractivity contribution in [1.29, 1.82) is 0 Å². The van der Waals surface area contributed by atoms with E-state index >= 15 is 0 Å². The zero-order valence-corrected chi connectivity index (χ0v) is 11.7. The lowest BCUT2D eigenvalue weighted by molar-refractivity contribution is 0.326. The second-order valence-electron chi connectivity index (χ2n) is 5.65. The molecular formula is C14H22N2O3. The standard InChI is InChI=1S/C14H22N2O3/c1-3-5-10-11(17)15-13(19)16(12(10)18)9-14(6-4-2)7-8-14/h18H,3-9H2,1-2H3,(H,15,17,19). The van der Waals surface area contributed by atoms with Gasteiger partial charge in [0.25, 0.3) is 5.56 Å². The summed E-state index contributed by atoms with van der Waals surface area (Å²) in [7, 11) is 0. The number of aromatic hydroxyl groups is 1. The van der Waals surface area contributed by atoms with Crippen molar-refractivity contribution in [2.75, 3.05) is 0 Å². The van der Waals surface area contributed by atoms with Crippen LogP contribution in [-0.2, 0) is 13.0 Å². The molecule has 1 aliphatic rings. The van der Waals surface area contributed by atoms with Gasteiger partial charge < -0.3 is 5.11 Å². The molecule has 0 atom stereocenters. The zero-order chi connectivity index (χ0) is 14.0. The van der Waals surface area contributed by atoms with Crippen LogP contribution in [0.3, 0.4) is 0 Å². The summed E-state index contributed by atoms with van der Waals surface area (Å²) in [4.78, 5) is 25.9. The predicted molar refractivity (Wildman–Crippen MR) is 73.6 cm³/mol. The lowest BCUT2D eigenvalue weighted by atomic mass is 10.0. The fraction of sp³-hybridized carbons (Fsp3) is 0.714. The number of aromatic amines is 1. The van der Waals surface area contributed by atoms with Crippen LogP contribution in [0.15, 0.2) is 9.59 Å². The normalized spacial score (nSPS) is 16.5. The van der Waals surface area contributed by atoms with Gasteiger partial charge in [0.2, 0.25) is 5.88 Å². The highest BCUT2D eigenvalue weighted by Gasteiger charge is 2.42. The van der Waals surface area contributed by atoms with Crippen LogP contribution in [-0.4, -0.2) is 14.7 Å². The molecule has 0 unspecified atom stereocenters. The Hall–Kier alpha value is -1.52. The highest BCUT2D eigenvalue weighted by atomic mass is 16.3. The molecule has 1 aliphatic carbocycles. The van der Waals surface area contributed by atoms with Crippen molar-refractivity contribution in [1.82, 2.24) is 9.55 Å². The molecule has 0 spiro atoms. The summed E-state index contributed by atoms with van der Waals surface area (Å²) in [6.45, 7) is 4.57. The van der Waals surface area contributed by atoms with Gasteiger partial charge in [0, 0.05) is 6.54 Å². The fourth-order valence-corrected chi connectivity index (χ4v) is 2.75. The first kappa shape index (κ1) is 13.9. The molecule has 0 amide bonds. The summed E-state index contributed by atoms with van der Waals surface area (Å²) in [5.41, 5.74) is -0.474. The number of H-pyrrole nitrogens is 1. The van der Waals surface area contributed by atoms with E-state index in [9.17, 15) is 14.7 Å². The minimum atomic E-state index is -0.496. The number of hydrogen-bond donors (Lipinski definition) is 2. The molecule has 0 aromatic carbocycles. The first-order valence-corrected chi connectivity index (χ1v) is 7.08. The molecule has 0 aliphatic heterocycles. The Morgan fingerprint density at radius 2 is 1.95 bits per heavy atom. The summed E-state index contributed by atoms with van der Waals surface area (Å²) >= 11 is 0. The highest BCUT2D eigenvalue weighted by molar-refractivity contribution is 5.23. The lowest BCUT2D eigenvalue weighted by Crippen LogP contribution is -2.34. The molecule has 1 aromatic heterocycles. The molecule has 1 aromatic rings. The van der Waals surface area contributed by atoms with E-state index in [1.54, 1.807) is 0 Å². The number of aromatic nitrogens is 2. The van der Waals surface area contributed by atoms with Crippen LogP contribution >= 0.6 is 0 Å². The van der Waals surface area contributed by atoms with E-state index in [0.717, 1.165) is 32.1 Å². The van der Waals surface area contributed by atoms with E-state index < -0.39 is 11.2 Å². The van der Waals surface area contributed by atoms with Gasteiger partial charge in [-0.25, -0.2) is 4.79 Å². The molecule has 1 fully saturated rings. The maximum absolute atomic E-state index is 11.9. The van der Waals surface area contributed by atoms with Crippen molar-refractivity contribution in [3.63, 3.8) is 0 Å². The topological polar surface area (TPSA) is 75.1 Å². The second-order valence-corrected chi connectivity index (χ2v) is 5.65. The van der Waals surface area contributed by atoms with Gasteiger partial charge in [0.15, 0.2) is 0 Å². The maximum Gasteiger partial charge on any atom is 0.331 e. The average Bonchev–Trinajstić information content (AvgIpc) is 3.11. The molecule has 19 heavy (non-hydrogen) atoms. The summed E-state index contributed by atoms with van der Waals surface area (Å²) < 4.78 is 1.34. The van der Waals surface area contributed by atoms with Gasteiger partial charge in [-0.05, 0) is 31.1 Å². The predicted octanol–water partition coefficient (Wildman–Crippen LogP) is 1.77. The molecular weight excluding hydrogens is 244 g/mol. The number of nitrogens with one attached hydrogen (secondary N) is 1. The third-order valence-corrected chi connectivity index (χ3v) is 4.00. The number of hydrogen-bond acceptors (Lipinski definition) is 3. The lowest BCUT2D eigenvalue weighted by Gasteiger charge is -2.17. The highest BCUT2D eigenvalue weighted by Crippen LogP contribution is 2.51. The van der Waals surface area contributed by atoms with Crippen molar-refractivity contribution in [3.8, 4) is 5.88 Å². The molecule has 106 valence electrons. The minimum Gasteiger partial charge on any atom is -0.494 e. The Morgan fingerprint density at radius 3 is 2.47 bits per heavy atom. The van der Waals surface area contributed by atoms with Crippen LogP contribution in [0.2, 0.25) is 0 Å². The van der Waals surface area contributed by atoms with E-state index in [0.29, 0.717) is 18.5 Å². The van der Waals surface area contributed by atoms with Crippen LogP contribution in [0.5, 0.6) is 5.88 Å². The van der Waals surface area contributed by atoms with E-state index in [1.807, 2.05) is 6.92 Å². The fourth-order valence-electron chi connectivity index (χ4n) is 2.75. The maximum atomic E-state index is 11.9. The van der Waals surface area contributed by atoms with Crippen molar-refractivity contribution < 1.29 is 5.11 Å². The van der Waals surface area contributed by atoms with E-state index in [-0.39, 0.29) is 11.3 Å². The summed E-state index contributed by atoms with van der Waals surface area (Å²) in [5.74, 6) is -0.141. The molecule has 1 saturated carbocycles. The van der Waals surface area contributed by atoms with E-state index in [1.165, 1.54) is 4.57 Å². The molecule has 2 rings (SSSR count). The Labute approximate surface area is 112 Å². The molecule has 0 saturated heterocycles. The molecule has 2 N–H and O–H groups in total. The van der Waals surface area contributed by atoms with Gasteiger partial charge in [-0.2, -0.15) is 0 Å². The molecule has 1 heterocycles. The van der Waals surface area contributed by atoms with Gasteiger partial charge in [-0.3, -0.25) is 14.3 Å². The minimum absolute atomic E-state index is 0.141. The van der Waals surface area contributed by atoms with E-state index in [4.69, 9.17) is 0 Å². The van der Waals surface area contributed by atoms with Crippen LogP contribution in [0.4, 0.5) is 0 Å². The third-order valence-electron chi connectivity index (χ3n) is 4.00. The summed E-state index contributed by atoms with van der Waals surface area (Å²) in [6, 6.07) is 0. The second kappa shape index (κ2) is 5.23. The molecule has 5 nitrogen and oxygen atoms in total. The Kier molecular flexibility index (Phi) is 3.83. The number of nitrogens with zero attached hydrogens (tertiary/aromatic N) is 1. The average molecular weight is 266 g/mol. The summed E-state index contributed by atoms with van der Waals surface area (Å²) in [5, 5.41) is 10.2. The first-order valence-electron chi connectivity index (χ1n) is 7.08. The van der Waals surface area contributed by atoms with Crippen molar-refractivity contribution in [3.05, 3.63) is 26.4 Å². The van der Waals surface area contributed by atoms with Crippen molar-refractivity contribution >= 4 is 0 Å². The van der Waals surface area contributed by atoms with Crippen LogP contribution in [0.1, 0.15) is 51.5 Å². The Morgan fingerprint density at radius 1 is 1.26 bits per heavy atom. The molecule has 0 bridgehead atoms. The van der Waals surface area contributed by atoms with Crippen LogP contribution < -0.4 is 11.2 Å². The molecule has 0 radical (unpaired) electrons. The quantitative estimate of drug-likeness (QED) is 0.824. The summed E-state index contributed by atoms with van der Waals surface area (Å²) in [6.07, 6.45) is 5.56. The zero-order valence-electron chi connectivity index (χ0n) is 11.7. The Bertz CT molecular complexity index is 567. The van der Waals surface area contributed by atoms with Gasteiger partial charge in [0.1, 0.15) is 0 Å². The third kappa shape index (κ3) is 2.74. The van der Waals surface area contributed by atoms with E-state index in [2.05, 4.69) is 11.9 Å². The smallest absolute Gasteiger partial charge is 0.331 e. The van der Waals surface area contributed by atoms with Gasteiger partial charge in [0.05, 0.1) is 5.56 Å². The molecule has 5 heteroatoms. The van der Waals surface area contributed by atoms with Crippen molar-refractivity contribution in [2.45, 2.75) is 58.9 Å². The number of rotatable bonds is 6. The first-order chi connectivity index (χ1) is 9.03. The van der Waals surface area contributed by atoms with Crippen LogP contribution in [0.25, 0.3) is 0 Å². The monoisotopic (exact) mass is 266 g/mol. The Balaban J connectivity index is 2.37. The SMILES string of the molecule is CCCc1c(O)n(CC2(CCC)CC2)c(=O)[nH]c1=O. The van der Waals surface area contributed by atoms with Crippen LogP contribution in [0, 0.1) is 5.41 Å². The largest absolute Gasteiger partial charge is 0.494 e. The van der Waals surface area contributed by atoms with Crippen molar-refractivity contribution in [2.24, 2.45) is 5.41 Å². The van der Waals surface area contributed by atoms with Gasteiger partial charge >= 0.3 is 5.69 Å². The van der Waals surface area contributed by atoms with Gasteiger partial charge in [-0.15, -0.1) is 0 Å². The van der Waals surface area contributed by atoms with Gasteiger partial charge in [-0.1, -0.05) is 26.7 Å².